The van der Waals surface area contributed by atoms with Gasteiger partial charge in [-0.05, 0) is 39.8 Å². The summed E-state index contributed by atoms with van der Waals surface area (Å²) >= 11 is 1.71. The summed E-state index contributed by atoms with van der Waals surface area (Å²) < 4.78 is 5.48. The van der Waals surface area contributed by atoms with Crippen molar-refractivity contribution >= 4 is 11.8 Å². The Balaban J connectivity index is 2.10. The molecular formula is C11H20N2OS. The molecule has 0 fully saturated rings. The average Bonchev–Trinajstić information content (AvgIpc) is 2.52. The van der Waals surface area contributed by atoms with Crippen molar-refractivity contribution in [3.63, 3.8) is 0 Å². The van der Waals surface area contributed by atoms with Gasteiger partial charge in [-0.3, -0.25) is 0 Å². The molecule has 0 amide bonds. The van der Waals surface area contributed by atoms with E-state index in [1.165, 1.54) is 12.8 Å². The van der Waals surface area contributed by atoms with Crippen molar-refractivity contribution in [1.29, 1.82) is 0 Å². The molecule has 0 bridgehead atoms. The summed E-state index contributed by atoms with van der Waals surface area (Å²) in [6.45, 7) is 8.24. The third kappa shape index (κ3) is 4.71. The number of oxazole rings is 1. The Labute approximate surface area is 96.0 Å². The van der Waals surface area contributed by atoms with Gasteiger partial charge in [-0.25, -0.2) is 4.98 Å². The van der Waals surface area contributed by atoms with Crippen molar-refractivity contribution in [3.05, 3.63) is 11.5 Å². The van der Waals surface area contributed by atoms with E-state index in [1.54, 1.807) is 11.8 Å². The number of thioether (sulfide) groups is 1. The van der Waals surface area contributed by atoms with E-state index in [0.717, 1.165) is 35.5 Å². The molecule has 0 aliphatic rings. The topological polar surface area (TPSA) is 38.1 Å². The lowest BCUT2D eigenvalue weighted by molar-refractivity contribution is 0.431. The number of rotatable bonds is 7. The van der Waals surface area contributed by atoms with Crippen LogP contribution in [0.5, 0.6) is 0 Å². The van der Waals surface area contributed by atoms with E-state index in [1.807, 2.05) is 13.8 Å². The maximum Gasteiger partial charge on any atom is 0.256 e. The second kappa shape index (κ2) is 6.90. The van der Waals surface area contributed by atoms with Crippen molar-refractivity contribution < 1.29 is 4.42 Å². The Morgan fingerprint density at radius 2 is 2.13 bits per heavy atom. The highest BCUT2D eigenvalue weighted by molar-refractivity contribution is 7.99. The first kappa shape index (κ1) is 12.6. The lowest BCUT2D eigenvalue weighted by Crippen LogP contribution is -2.13. The number of aromatic nitrogens is 1. The lowest BCUT2D eigenvalue weighted by atomic mass is 10.3. The van der Waals surface area contributed by atoms with E-state index in [4.69, 9.17) is 4.42 Å². The highest BCUT2D eigenvalue weighted by Crippen LogP contribution is 2.20. The fourth-order valence-electron chi connectivity index (χ4n) is 1.19. The predicted octanol–water partition coefficient (Wildman–Crippen LogP) is 2.77. The molecule has 1 heterocycles. The zero-order chi connectivity index (χ0) is 11.1. The minimum absolute atomic E-state index is 0.813. The summed E-state index contributed by atoms with van der Waals surface area (Å²) in [5, 5.41) is 4.13. The molecular weight excluding hydrogens is 208 g/mol. The molecule has 0 aromatic carbocycles. The summed E-state index contributed by atoms with van der Waals surface area (Å²) in [6.07, 6.45) is 2.43. The van der Waals surface area contributed by atoms with E-state index in [2.05, 4.69) is 17.2 Å². The Bertz CT molecular complexity index is 267. The molecule has 1 aromatic heterocycles. The zero-order valence-corrected chi connectivity index (χ0v) is 10.6. The Morgan fingerprint density at radius 1 is 1.33 bits per heavy atom. The predicted molar refractivity (Wildman–Crippen MR) is 64.5 cm³/mol. The van der Waals surface area contributed by atoms with Gasteiger partial charge in [0.05, 0.1) is 5.69 Å². The van der Waals surface area contributed by atoms with E-state index in [-0.39, 0.29) is 0 Å². The van der Waals surface area contributed by atoms with Crippen LogP contribution in [-0.4, -0.2) is 23.8 Å². The monoisotopic (exact) mass is 228 g/mol. The van der Waals surface area contributed by atoms with E-state index in [9.17, 15) is 0 Å². The van der Waals surface area contributed by atoms with E-state index in [0.29, 0.717) is 0 Å². The third-order valence-electron chi connectivity index (χ3n) is 2.23. The first-order chi connectivity index (χ1) is 7.24. The largest absolute Gasteiger partial charge is 0.437 e. The minimum atomic E-state index is 0.813. The van der Waals surface area contributed by atoms with Crippen LogP contribution in [0.25, 0.3) is 0 Å². The summed E-state index contributed by atoms with van der Waals surface area (Å²) in [5.74, 6) is 2.02. The quantitative estimate of drug-likeness (QED) is 0.575. The van der Waals surface area contributed by atoms with Gasteiger partial charge in [0.1, 0.15) is 5.76 Å². The number of nitrogens with zero attached hydrogens (tertiary/aromatic N) is 1. The number of hydrogen-bond donors (Lipinski definition) is 1. The Kier molecular flexibility index (Phi) is 5.79. The molecule has 0 spiro atoms. The van der Waals surface area contributed by atoms with Crippen molar-refractivity contribution in [1.82, 2.24) is 10.3 Å². The van der Waals surface area contributed by atoms with Crippen LogP contribution in [0, 0.1) is 13.8 Å². The molecule has 1 N–H and O–H groups in total. The van der Waals surface area contributed by atoms with Crippen molar-refractivity contribution in [3.8, 4) is 0 Å². The van der Waals surface area contributed by atoms with Gasteiger partial charge in [-0.1, -0.05) is 18.7 Å². The van der Waals surface area contributed by atoms with Crippen LogP contribution < -0.4 is 5.32 Å². The fourth-order valence-corrected chi connectivity index (χ4v) is 2.10. The van der Waals surface area contributed by atoms with Crippen molar-refractivity contribution in [2.45, 2.75) is 38.8 Å². The van der Waals surface area contributed by atoms with Crippen LogP contribution in [-0.2, 0) is 0 Å². The molecule has 1 rings (SSSR count). The Hall–Kier alpha value is -0.480. The summed E-state index contributed by atoms with van der Waals surface area (Å²) in [6, 6.07) is 0. The van der Waals surface area contributed by atoms with Crippen LogP contribution in [0.2, 0.25) is 0 Å². The van der Waals surface area contributed by atoms with Gasteiger partial charge in [0.15, 0.2) is 0 Å². The van der Waals surface area contributed by atoms with Crippen LogP contribution >= 0.6 is 11.8 Å². The second-order valence-corrected chi connectivity index (χ2v) is 4.58. The normalized spacial score (nSPS) is 10.9. The van der Waals surface area contributed by atoms with Crippen molar-refractivity contribution in [2.75, 3.05) is 18.8 Å². The molecule has 0 radical (unpaired) electrons. The SMILES string of the molecule is CCNCCCCSc1nc(C)c(C)o1. The molecule has 0 aliphatic heterocycles. The molecule has 0 saturated carbocycles. The molecule has 0 unspecified atom stereocenters. The molecule has 1 aromatic rings. The van der Waals surface area contributed by atoms with E-state index >= 15 is 0 Å². The molecule has 3 nitrogen and oxygen atoms in total. The van der Waals surface area contributed by atoms with Crippen LogP contribution in [0.1, 0.15) is 31.2 Å². The van der Waals surface area contributed by atoms with Gasteiger partial charge in [0.25, 0.3) is 5.22 Å². The maximum atomic E-state index is 5.48. The molecule has 0 atom stereocenters. The minimum Gasteiger partial charge on any atom is -0.437 e. The van der Waals surface area contributed by atoms with Gasteiger partial charge in [-0.2, -0.15) is 0 Å². The Morgan fingerprint density at radius 3 is 2.73 bits per heavy atom. The average molecular weight is 228 g/mol. The molecule has 15 heavy (non-hydrogen) atoms. The first-order valence-corrected chi connectivity index (χ1v) is 6.50. The fraction of sp³-hybridized carbons (Fsp3) is 0.727. The lowest BCUT2D eigenvalue weighted by Gasteiger charge is -1.99. The number of aryl methyl sites for hydroxylation is 2. The second-order valence-electron chi connectivity index (χ2n) is 3.53. The number of unbranched alkanes of at least 4 members (excludes halogenated alkanes) is 1. The van der Waals surface area contributed by atoms with Gasteiger partial charge in [-0.15, -0.1) is 0 Å². The zero-order valence-electron chi connectivity index (χ0n) is 9.80. The van der Waals surface area contributed by atoms with Gasteiger partial charge in [0, 0.05) is 5.75 Å². The molecule has 0 aliphatic carbocycles. The van der Waals surface area contributed by atoms with Gasteiger partial charge in [0.2, 0.25) is 0 Å². The maximum absolute atomic E-state index is 5.48. The summed E-state index contributed by atoms with van der Waals surface area (Å²) in [7, 11) is 0. The van der Waals surface area contributed by atoms with Gasteiger partial charge < -0.3 is 9.73 Å². The summed E-state index contributed by atoms with van der Waals surface area (Å²) in [4.78, 5) is 4.32. The van der Waals surface area contributed by atoms with Crippen LogP contribution in [0.4, 0.5) is 0 Å². The number of hydrogen-bond acceptors (Lipinski definition) is 4. The molecule has 0 saturated heterocycles. The van der Waals surface area contributed by atoms with Crippen molar-refractivity contribution in [2.24, 2.45) is 0 Å². The molecule has 86 valence electrons. The highest BCUT2D eigenvalue weighted by Gasteiger charge is 2.04. The summed E-state index contributed by atoms with van der Waals surface area (Å²) in [5.41, 5.74) is 1.00. The first-order valence-electron chi connectivity index (χ1n) is 5.51. The molecule has 4 heteroatoms. The highest BCUT2D eigenvalue weighted by atomic mass is 32.2. The smallest absolute Gasteiger partial charge is 0.256 e. The standard InChI is InChI=1S/C11H20N2OS/c1-4-12-7-5-6-8-15-11-13-9(2)10(3)14-11/h12H,4-8H2,1-3H3. The van der Waals surface area contributed by atoms with Crippen LogP contribution in [0.15, 0.2) is 9.64 Å². The van der Waals surface area contributed by atoms with E-state index < -0.39 is 0 Å². The third-order valence-corrected chi connectivity index (χ3v) is 3.15. The van der Waals surface area contributed by atoms with Gasteiger partial charge >= 0.3 is 0 Å². The number of nitrogens with one attached hydrogen (secondary N) is 1. The van der Waals surface area contributed by atoms with Crippen LogP contribution in [0.3, 0.4) is 0 Å².